The second kappa shape index (κ2) is 8.76. The summed E-state index contributed by atoms with van der Waals surface area (Å²) in [6, 6.07) is 9.10. The van der Waals surface area contributed by atoms with Crippen molar-refractivity contribution >= 4 is 11.5 Å². The molecule has 1 N–H and O–H groups in total. The number of nitrogens with zero attached hydrogens (tertiary/aromatic N) is 3. The molecule has 0 amide bonds. The molecule has 0 unspecified atom stereocenters. The molecule has 29 heavy (non-hydrogen) atoms. The van der Waals surface area contributed by atoms with Gasteiger partial charge >= 0.3 is 6.18 Å². The van der Waals surface area contributed by atoms with Gasteiger partial charge in [0.1, 0.15) is 17.3 Å². The average Bonchev–Trinajstić information content (AvgIpc) is 2.70. The maximum Gasteiger partial charge on any atom is 0.433 e. The first kappa shape index (κ1) is 20.4. The third kappa shape index (κ3) is 5.13. The number of nitrogens with one attached hydrogen (secondary N) is 1. The second-order valence-electron chi connectivity index (χ2n) is 5.85. The zero-order valence-corrected chi connectivity index (χ0v) is 15.8. The minimum absolute atomic E-state index is 0.0271. The molecule has 3 aromatic rings. The minimum atomic E-state index is -4.63. The quantitative estimate of drug-likeness (QED) is 0.591. The first-order valence-electron chi connectivity index (χ1n) is 8.94. The molecule has 0 aliphatic heterocycles. The molecule has 1 aromatic carbocycles. The maximum absolute atomic E-state index is 13.4. The maximum atomic E-state index is 13.4. The lowest BCUT2D eigenvalue weighted by Gasteiger charge is -2.15. The van der Waals surface area contributed by atoms with Crippen LogP contribution < -0.4 is 14.8 Å². The van der Waals surface area contributed by atoms with E-state index in [0.29, 0.717) is 36.0 Å². The van der Waals surface area contributed by atoms with Crippen LogP contribution in [0.3, 0.4) is 0 Å². The van der Waals surface area contributed by atoms with E-state index in [1.165, 1.54) is 12.4 Å². The van der Waals surface area contributed by atoms with Crippen molar-refractivity contribution < 1.29 is 22.6 Å². The predicted molar refractivity (Wildman–Crippen MR) is 102 cm³/mol. The summed E-state index contributed by atoms with van der Waals surface area (Å²) in [4.78, 5) is 11.8. The highest BCUT2D eigenvalue weighted by Crippen LogP contribution is 2.34. The van der Waals surface area contributed by atoms with Crippen LogP contribution in [0.4, 0.5) is 24.7 Å². The van der Waals surface area contributed by atoms with Crippen molar-refractivity contribution in [3.8, 4) is 22.9 Å². The number of benzene rings is 1. The minimum Gasteiger partial charge on any atom is -0.494 e. The SMILES string of the molecule is CCOc1ccc(OCC)c(Nc2cc(C(F)(F)F)nc(-c3cccnc3)n2)c1. The second-order valence-corrected chi connectivity index (χ2v) is 5.85. The molecule has 6 nitrogen and oxygen atoms in total. The van der Waals surface area contributed by atoms with E-state index < -0.39 is 11.9 Å². The lowest BCUT2D eigenvalue weighted by Crippen LogP contribution is -2.11. The van der Waals surface area contributed by atoms with Crippen LogP contribution in [0.15, 0.2) is 48.8 Å². The summed E-state index contributed by atoms with van der Waals surface area (Å²) in [5, 5.41) is 2.90. The van der Waals surface area contributed by atoms with Crippen molar-refractivity contribution in [2.45, 2.75) is 20.0 Å². The normalized spacial score (nSPS) is 11.2. The highest BCUT2D eigenvalue weighted by molar-refractivity contribution is 5.68. The summed E-state index contributed by atoms with van der Waals surface area (Å²) in [6.07, 6.45) is -1.71. The monoisotopic (exact) mass is 404 g/mol. The fourth-order valence-corrected chi connectivity index (χ4v) is 2.56. The van der Waals surface area contributed by atoms with Crippen LogP contribution in [0.1, 0.15) is 19.5 Å². The summed E-state index contributed by atoms with van der Waals surface area (Å²) in [6.45, 7) is 4.49. The fourth-order valence-electron chi connectivity index (χ4n) is 2.56. The Morgan fingerprint density at radius 2 is 1.79 bits per heavy atom. The van der Waals surface area contributed by atoms with Gasteiger partial charge in [-0.3, -0.25) is 4.98 Å². The Labute approximate surface area is 165 Å². The van der Waals surface area contributed by atoms with Gasteiger partial charge in [-0.1, -0.05) is 0 Å². The van der Waals surface area contributed by atoms with E-state index in [1.54, 1.807) is 30.3 Å². The van der Waals surface area contributed by atoms with E-state index in [2.05, 4.69) is 20.3 Å². The smallest absolute Gasteiger partial charge is 0.433 e. The molecule has 0 atom stereocenters. The first-order chi connectivity index (χ1) is 13.9. The molecule has 0 aliphatic rings. The Kier molecular flexibility index (Phi) is 6.16. The first-order valence-corrected chi connectivity index (χ1v) is 8.94. The molecule has 0 fully saturated rings. The van der Waals surface area contributed by atoms with E-state index in [4.69, 9.17) is 9.47 Å². The van der Waals surface area contributed by atoms with Gasteiger partial charge in [-0.2, -0.15) is 13.2 Å². The Balaban J connectivity index is 2.05. The number of halogens is 3. The Morgan fingerprint density at radius 3 is 2.45 bits per heavy atom. The summed E-state index contributed by atoms with van der Waals surface area (Å²) in [5.41, 5.74) is -0.260. The van der Waals surface area contributed by atoms with E-state index in [0.717, 1.165) is 6.07 Å². The number of ether oxygens (including phenoxy) is 2. The number of aromatic nitrogens is 3. The number of alkyl halides is 3. The fraction of sp³-hybridized carbons (Fsp3) is 0.250. The van der Waals surface area contributed by atoms with Crippen LogP contribution >= 0.6 is 0 Å². The summed E-state index contributed by atoms with van der Waals surface area (Å²) >= 11 is 0. The van der Waals surface area contributed by atoms with Gasteiger partial charge in [-0.25, -0.2) is 9.97 Å². The third-order valence-electron chi connectivity index (χ3n) is 3.76. The molecule has 2 heterocycles. The molecular weight excluding hydrogens is 385 g/mol. The number of anilines is 2. The zero-order valence-electron chi connectivity index (χ0n) is 15.8. The van der Waals surface area contributed by atoms with Gasteiger partial charge in [-0.15, -0.1) is 0 Å². The lowest BCUT2D eigenvalue weighted by molar-refractivity contribution is -0.141. The van der Waals surface area contributed by atoms with E-state index in [1.807, 2.05) is 13.8 Å². The van der Waals surface area contributed by atoms with Crippen LogP contribution in [0.25, 0.3) is 11.4 Å². The van der Waals surface area contributed by atoms with Crippen molar-refractivity contribution in [3.05, 3.63) is 54.5 Å². The van der Waals surface area contributed by atoms with Gasteiger partial charge in [-0.05, 0) is 38.1 Å². The molecule has 3 rings (SSSR count). The molecule has 0 saturated carbocycles. The molecule has 0 saturated heterocycles. The standard InChI is InChI=1S/C20H19F3N4O2/c1-3-28-14-7-8-16(29-4-2)15(10-14)25-18-11-17(20(21,22)23)26-19(27-18)13-6-5-9-24-12-13/h5-12H,3-4H2,1-2H3,(H,25,26,27). The Morgan fingerprint density at radius 1 is 1.00 bits per heavy atom. The van der Waals surface area contributed by atoms with Crippen LogP contribution in [0, 0.1) is 0 Å². The van der Waals surface area contributed by atoms with Crippen LogP contribution in [0.5, 0.6) is 11.5 Å². The summed E-state index contributed by atoms with van der Waals surface area (Å²) < 4.78 is 51.2. The topological polar surface area (TPSA) is 69.2 Å². The van der Waals surface area contributed by atoms with Gasteiger partial charge in [0.25, 0.3) is 0 Å². The molecular formula is C20H19F3N4O2. The van der Waals surface area contributed by atoms with E-state index >= 15 is 0 Å². The molecule has 0 bridgehead atoms. The van der Waals surface area contributed by atoms with Gasteiger partial charge in [0.2, 0.25) is 0 Å². The van der Waals surface area contributed by atoms with E-state index in [9.17, 15) is 13.2 Å². The molecule has 2 aromatic heterocycles. The van der Waals surface area contributed by atoms with Crippen molar-refractivity contribution in [2.75, 3.05) is 18.5 Å². The van der Waals surface area contributed by atoms with Crippen molar-refractivity contribution in [3.63, 3.8) is 0 Å². The van der Waals surface area contributed by atoms with E-state index in [-0.39, 0.29) is 11.6 Å². The number of pyridine rings is 1. The van der Waals surface area contributed by atoms with Crippen molar-refractivity contribution in [1.29, 1.82) is 0 Å². The summed E-state index contributed by atoms with van der Waals surface area (Å²) in [5.74, 6) is 0.900. The molecule has 0 spiro atoms. The predicted octanol–water partition coefficient (Wildman–Crippen LogP) is 5.10. The molecule has 9 heteroatoms. The van der Waals surface area contributed by atoms with Gasteiger partial charge in [0, 0.05) is 30.1 Å². The van der Waals surface area contributed by atoms with Gasteiger partial charge < -0.3 is 14.8 Å². The zero-order chi connectivity index (χ0) is 20.9. The average molecular weight is 404 g/mol. The highest BCUT2D eigenvalue weighted by Gasteiger charge is 2.34. The van der Waals surface area contributed by atoms with Crippen molar-refractivity contribution in [2.24, 2.45) is 0 Å². The molecule has 152 valence electrons. The Bertz CT molecular complexity index is 966. The van der Waals surface area contributed by atoms with Crippen LogP contribution in [0.2, 0.25) is 0 Å². The number of hydrogen-bond donors (Lipinski definition) is 1. The lowest BCUT2D eigenvalue weighted by atomic mass is 10.2. The largest absolute Gasteiger partial charge is 0.494 e. The molecule has 0 radical (unpaired) electrons. The number of hydrogen-bond acceptors (Lipinski definition) is 6. The van der Waals surface area contributed by atoms with Crippen molar-refractivity contribution in [1.82, 2.24) is 15.0 Å². The summed E-state index contributed by atoms with van der Waals surface area (Å²) in [7, 11) is 0. The third-order valence-corrected chi connectivity index (χ3v) is 3.76. The number of rotatable bonds is 7. The Hall–Kier alpha value is -3.36. The van der Waals surface area contributed by atoms with Gasteiger partial charge in [0.05, 0.1) is 18.9 Å². The highest BCUT2D eigenvalue weighted by atomic mass is 19.4. The molecule has 0 aliphatic carbocycles. The van der Waals surface area contributed by atoms with Gasteiger partial charge in [0.15, 0.2) is 11.5 Å². The van der Waals surface area contributed by atoms with Crippen LogP contribution in [-0.2, 0) is 6.18 Å². The van der Waals surface area contributed by atoms with Crippen LogP contribution in [-0.4, -0.2) is 28.2 Å².